The molecule has 230 valence electrons. The van der Waals surface area contributed by atoms with Gasteiger partial charge in [0.05, 0.1) is 24.6 Å². The number of aromatic amines is 1. The summed E-state index contributed by atoms with van der Waals surface area (Å²) in [6, 6.07) is 20.6. The van der Waals surface area contributed by atoms with Crippen LogP contribution < -0.4 is 15.0 Å². The van der Waals surface area contributed by atoms with Crippen LogP contribution in [-0.4, -0.2) is 58.3 Å². The fourth-order valence-electron chi connectivity index (χ4n) is 5.78. The van der Waals surface area contributed by atoms with E-state index in [-0.39, 0.29) is 29.2 Å². The number of fused-ring (bicyclic) bond motifs is 1. The van der Waals surface area contributed by atoms with E-state index in [9.17, 15) is 9.59 Å². The molecule has 0 fully saturated rings. The Balaban J connectivity index is 1.22. The minimum absolute atomic E-state index is 0.00735. The van der Waals surface area contributed by atoms with E-state index in [0.717, 1.165) is 23.2 Å². The summed E-state index contributed by atoms with van der Waals surface area (Å²) in [6.07, 6.45) is 3.13. The molecule has 1 aliphatic heterocycles. The maximum absolute atomic E-state index is 13.5. The highest BCUT2D eigenvalue weighted by Crippen LogP contribution is 2.41. The molecule has 2 aromatic heterocycles. The summed E-state index contributed by atoms with van der Waals surface area (Å²) in [7, 11) is 1.70. The van der Waals surface area contributed by atoms with Crippen LogP contribution in [0.1, 0.15) is 67.4 Å². The molecule has 10 nitrogen and oxygen atoms in total. The van der Waals surface area contributed by atoms with Gasteiger partial charge in [-0.2, -0.15) is 0 Å². The van der Waals surface area contributed by atoms with Gasteiger partial charge in [-0.1, -0.05) is 70.2 Å². The Kier molecular flexibility index (Phi) is 9.10. The van der Waals surface area contributed by atoms with E-state index in [2.05, 4.69) is 53.2 Å². The molecular formula is C34H40N6O4. The number of rotatable bonds is 11. The summed E-state index contributed by atoms with van der Waals surface area (Å²) in [5, 5.41) is 9.63. The molecule has 5 rings (SSSR count). The maximum atomic E-state index is 13.5. The number of carbonyl (C=O) groups is 2. The van der Waals surface area contributed by atoms with E-state index in [4.69, 9.17) is 9.47 Å². The molecule has 1 aliphatic rings. The molecule has 2 amide bonds. The Hall–Kier alpha value is -4.57. The second-order valence-electron chi connectivity index (χ2n) is 12.7. The van der Waals surface area contributed by atoms with Crippen molar-refractivity contribution in [1.29, 1.82) is 0 Å². The van der Waals surface area contributed by atoms with Gasteiger partial charge < -0.3 is 19.7 Å². The zero-order valence-electron chi connectivity index (χ0n) is 26.0. The fourth-order valence-corrected chi connectivity index (χ4v) is 5.78. The number of anilines is 1. The Labute approximate surface area is 258 Å². The summed E-state index contributed by atoms with van der Waals surface area (Å²) in [5.74, 6) is 0.292. The standard InChI is InChI=1S/C34H40N6O4/c1-33(2,22-43-19-25-13-9-10-16-35-25)21-34(3,4)24-14-15-28-27(18-24)40(5)32(42)26(20-44-28)36-31(41)30-37-29(38-39-30)17-23-11-7-6-8-12-23/h6-16,18,26H,17,19-22H2,1-5H3,(H,36,41)(H,37,38,39). The second-order valence-corrected chi connectivity index (χ2v) is 12.7. The largest absolute Gasteiger partial charge is 0.489 e. The minimum atomic E-state index is -0.900. The molecular weight excluding hydrogens is 556 g/mol. The average Bonchev–Trinajstić information content (AvgIpc) is 3.43. The third-order valence-electron chi connectivity index (χ3n) is 7.78. The van der Waals surface area contributed by atoms with Crippen LogP contribution in [-0.2, 0) is 28.0 Å². The Morgan fingerprint density at radius 1 is 1.09 bits per heavy atom. The van der Waals surface area contributed by atoms with Crippen LogP contribution in [0.25, 0.3) is 0 Å². The predicted octanol–water partition coefficient (Wildman–Crippen LogP) is 4.86. The van der Waals surface area contributed by atoms with Crippen LogP contribution >= 0.6 is 0 Å². The van der Waals surface area contributed by atoms with Crippen LogP contribution in [0.15, 0.2) is 72.9 Å². The molecule has 3 heterocycles. The first-order valence-corrected chi connectivity index (χ1v) is 14.8. The number of nitrogens with one attached hydrogen (secondary N) is 2. The van der Waals surface area contributed by atoms with Crippen molar-refractivity contribution < 1.29 is 19.1 Å². The van der Waals surface area contributed by atoms with E-state index in [0.29, 0.717) is 36.9 Å². The van der Waals surface area contributed by atoms with Crippen molar-refractivity contribution in [2.24, 2.45) is 5.41 Å². The zero-order chi connectivity index (χ0) is 31.3. The molecule has 2 aromatic carbocycles. The lowest BCUT2D eigenvalue weighted by Crippen LogP contribution is -2.49. The number of pyridine rings is 1. The number of amides is 2. The number of hydrogen-bond acceptors (Lipinski definition) is 7. The van der Waals surface area contributed by atoms with Gasteiger partial charge in [0, 0.05) is 19.7 Å². The first-order valence-electron chi connectivity index (χ1n) is 14.8. The van der Waals surface area contributed by atoms with Crippen LogP contribution in [0.2, 0.25) is 0 Å². The van der Waals surface area contributed by atoms with E-state index in [1.54, 1.807) is 18.1 Å². The third kappa shape index (κ3) is 7.49. The topological polar surface area (TPSA) is 122 Å². The zero-order valence-corrected chi connectivity index (χ0v) is 26.0. The monoisotopic (exact) mass is 596 g/mol. The van der Waals surface area contributed by atoms with E-state index in [1.165, 1.54) is 0 Å². The molecule has 2 N–H and O–H groups in total. The summed E-state index contributed by atoms with van der Waals surface area (Å²) < 4.78 is 12.1. The summed E-state index contributed by atoms with van der Waals surface area (Å²) in [6.45, 7) is 9.83. The molecule has 0 saturated heterocycles. The fraction of sp³-hybridized carbons (Fsp3) is 0.382. The Morgan fingerprint density at radius 3 is 2.61 bits per heavy atom. The lowest BCUT2D eigenvalue weighted by atomic mass is 9.71. The lowest BCUT2D eigenvalue weighted by molar-refractivity contribution is -0.120. The van der Waals surface area contributed by atoms with Crippen LogP contribution in [0.5, 0.6) is 5.75 Å². The van der Waals surface area contributed by atoms with Crippen molar-refractivity contribution in [2.75, 3.05) is 25.2 Å². The quantitative estimate of drug-likeness (QED) is 0.254. The summed E-state index contributed by atoms with van der Waals surface area (Å²) in [4.78, 5) is 36.7. The highest BCUT2D eigenvalue weighted by atomic mass is 16.5. The van der Waals surface area contributed by atoms with Gasteiger partial charge in [0.25, 0.3) is 11.8 Å². The molecule has 1 unspecified atom stereocenters. The van der Waals surface area contributed by atoms with Crippen molar-refractivity contribution in [3.8, 4) is 5.75 Å². The van der Waals surface area contributed by atoms with Crippen molar-refractivity contribution in [3.63, 3.8) is 0 Å². The van der Waals surface area contributed by atoms with Gasteiger partial charge in [-0.25, -0.2) is 4.98 Å². The van der Waals surface area contributed by atoms with E-state index >= 15 is 0 Å². The van der Waals surface area contributed by atoms with Gasteiger partial charge in [-0.05, 0) is 52.6 Å². The van der Waals surface area contributed by atoms with Gasteiger partial charge >= 0.3 is 0 Å². The number of likely N-dealkylation sites (N-methyl/N-ethyl adjacent to an activating group) is 1. The molecule has 10 heteroatoms. The Bertz CT molecular complexity index is 1590. The summed E-state index contributed by atoms with van der Waals surface area (Å²) >= 11 is 0. The number of hydrogen-bond donors (Lipinski definition) is 2. The van der Waals surface area contributed by atoms with Gasteiger partial charge in [-0.3, -0.25) is 19.7 Å². The van der Waals surface area contributed by atoms with Gasteiger partial charge in [0.1, 0.15) is 24.2 Å². The highest BCUT2D eigenvalue weighted by molar-refractivity contribution is 6.02. The van der Waals surface area contributed by atoms with Crippen molar-refractivity contribution in [3.05, 3.63) is 101 Å². The van der Waals surface area contributed by atoms with Gasteiger partial charge in [0.15, 0.2) is 0 Å². The number of H-pyrrole nitrogens is 1. The molecule has 0 spiro atoms. The number of nitrogens with zero attached hydrogens (tertiary/aromatic N) is 4. The van der Waals surface area contributed by atoms with Crippen molar-refractivity contribution in [1.82, 2.24) is 25.5 Å². The maximum Gasteiger partial charge on any atom is 0.291 e. The molecule has 1 atom stereocenters. The molecule has 4 aromatic rings. The predicted molar refractivity (Wildman–Crippen MR) is 168 cm³/mol. The summed E-state index contributed by atoms with van der Waals surface area (Å²) in [5.41, 5.74) is 3.35. The molecule has 0 bridgehead atoms. The molecule has 0 saturated carbocycles. The first kappa shape index (κ1) is 30.9. The van der Waals surface area contributed by atoms with E-state index in [1.807, 2.05) is 66.7 Å². The third-order valence-corrected chi connectivity index (χ3v) is 7.78. The van der Waals surface area contributed by atoms with Crippen LogP contribution in [0.3, 0.4) is 0 Å². The number of ether oxygens (including phenoxy) is 2. The first-order chi connectivity index (χ1) is 21.0. The Morgan fingerprint density at radius 2 is 1.86 bits per heavy atom. The molecule has 44 heavy (non-hydrogen) atoms. The van der Waals surface area contributed by atoms with Crippen molar-refractivity contribution >= 4 is 17.5 Å². The molecule has 0 radical (unpaired) electrons. The highest BCUT2D eigenvalue weighted by Gasteiger charge is 2.35. The number of benzene rings is 2. The van der Waals surface area contributed by atoms with Crippen molar-refractivity contribution in [2.45, 2.75) is 58.6 Å². The molecule has 0 aliphatic carbocycles. The van der Waals surface area contributed by atoms with Gasteiger partial charge in [-0.15, -0.1) is 5.10 Å². The second kappa shape index (κ2) is 13.0. The normalized spacial score (nSPS) is 15.3. The average molecular weight is 597 g/mol. The van der Waals surface area contributed by atoms with E-state index < -0.39 is 11.9 Å². The van der Waals surface area contributed by atoms with Crippen LogP contribution in [0, 0.1) is 5.41 Å². The SMILES string of the molecule is CN1C(=O)C(NC(=O)c2n[nH]c(Cc3ccccc3)n2)COc2ccc(C(C)(C)CC(C)(C)COCc3ccccn3)cc21. The number of carbonyl (C=O) groups excluding carboxylic acids is 2. The van der Waals surface area contributed by atoms with Gasteiger partial charge in [0.2, 0.25) is 5.82 Å². The lowest BCUT2D eigenvalue weighted by Gasteiger charge is -2.36. The minimum Gasteiger partial charge on any atom is -0.489 e. The smallest absolute Gasteiger partial charge is 0.291 e. The van der Waals surface area contributed by atoms with Crippen LogP contribution in [0.4, 0.5) is 5.69 Å². The number of aromatic nitrogens is 4.